The normalized spacial score (nSPS) is 24.3. The van der Waals surface area contributed by atoms with E-state index in [1.165, 1.54) is 6.42 Å². The van der Waals surface area contributed by atoms with Gasteiger partial charge in [-0.05, 0) is 34.6 Å². The molecule has 3 nitrogen and oxygen atoms in total. The molecule has 1 aliphatic rings. The number of unbranched alkanes of at least 4 members (excludes halogenated alkanes) is 1. The predicted molar refractivity (Wildman–Crippen MR) is 83.3 cm³/mol. The van der Waals surface area contributed by atoms with Crippen molar-refractivity contribution >= 4 is 28.3 Å². The molecule has 0 saturated carbocycles. The highest BCUT2D eigenvalue weighted by Gasteiger charge is 2.34. The number of benzene rings is 1. The number of aliphatic hydroxyl groups is 1. The predicted octanol–water partition coefficient (Wildman–Crippen LogP) is 2.67. The third-order valence-corrected chi connectivity index (χ3v) is 4.24. The van der Waals surface area contributed by atoms with Gasteiger partial charge in [-0.2, -0.15) is 0 Å². The average molecular weight is 358 g/mol. The minimum absolute atomic E-state index is 0.0425. The third-order valence-electron chi connectivity index (χ3n) is 3.25. The first kappa shape index (κ1) is 14.0. The summed E-state index contributed by atoms with van der Waals surface area (Å²) in [7, 11) is 0. The molecular weight excluding hydrogens is 339 g/mol. The second-order valence-electron chi connectivity index (χ2n) is 4.48. The Morgan fingerprint density at radius 1 is 1.33 bits per heavy atom. The van der Waals surface area contributed by atoms with Gasteiger partial charge in [0.1, 0.15) is 0 Å². The SMILES string of the molecule is CCCCN1C(I)N=C(c2ccccc2)C1CO. The van der Waals surface area contributed by atoms with Crippen LogP contribution in [0.2, 0.25) is 0 Å². The van der Waals surface area contributed by atoms with E-state index >= 15 is 0 Å². The second-order valence-corrected chi connectivity index (χ2v) is 5.59. The monoisotopic (exact) mass is 358 g/mol. The van der Waals surface area contributed by atoms with Gasteiger partial charge < -0.3 is 5.11 Å². The van der Waals surface area contributed by atoms with Crippen LogP contribution in [-0.2, 0) is 0 Å². The van der Waals surface area contributed by atoms with Crippen molar-refractivity contribution in [3.8, 4) is 0 Å². The Balaban J connectivity index is 2.19. The molecule has 4 heteroatoms. The zero-order valence-electron chi connectivity index (χ0n) is 10.6. The van der Waals surface area contributed by atoms with Crippen molar-refractivity contribution in [2.75, 3.05) is 13.2 Å². The first-order valence-corrected chi connectivity index (χ1v) is 7.66. The molecule has 18 heavy (non-hydrogen) atoms. The first-order chi connectivity index (χ1) is 8.77. The average Bonchev–Trinajstić information content (AvgIpc) is 2.73. The third kappa shape index (κ3) is 2.92. The number of rotatable bonds is 5. The van der Waals surface area contributed by atoms with Gasteiger partial charge in [0, 0.05) is 6.54 Å². The second kappa shape index (κ2) is 6.63. The van der Waals surface area contributed by atoms with Crippen LogP contribution in [0.25, 0.3) is 0 Å². The van der Waals surface area contributed by atoms with E-state index in [1.54, 1.807) is 0 Å². The summed E-state index contributed by atoms with van der Waals surface area (Å²) in [6, 6.07) is 10.2. The number of halogens is 1. The van der Waals surface area contributed by atoms with Crippen LogP contribution < -0.4 is 0 Å². The molecule has 0 radical (unpaired) electrons. The number of aliphatic hydroxyl groups excluding tert-OH is 1. The molecule has 2 unspecified atom stereocenters. The number of aliphatic imine (C=N–C) groups is 1. The van der Waals surface area contributed by atoms with Crippen molar-refractivity contribution in [3.63, 3.8) is 0 Å². The van der Waals surface area contributed by atoms with E-state index in [9.17, 15) is 5.11 Å². The Hall–Kier alpha value is -0.460. The molecule has 1 aromatic carbocycles. The smallest absolute Gasteiger partial charge is 0.155 e. The molecule has 0 aromatic heterocycles. The first-order valence-electron chi connectivity index (χ1n) is 6.41. The van der Waals surface area contributed by atoms with Gasteiger partial charge in [0.25, 0.3) is 0 Å². The van der Waals surface area contributed by atoms with Crippen LogP contribution >= 0.6 is 22.6 Å². The number of nitrogens with zero attached hydrogens (tertiary/aromatic N) is 2. The molecule has 0 amide bonds. The maximum atomic E-state index is 9.66. The molecule has 1 aromatic rings. The Morgan fingerprint density at radius 3 is 2.67 bits per heavy atom. The summed E-state index contributed by atoms with van der Waals surface area (Å²) >= 11 is 2.34. The van der Waals surface area contributed by atoms with E-state index < -0.39 is 0 Å². The molecule has 1 aliphatic heterocycles. The number of hydrogen-bond acceptors (Lipinski definition) is 3. The standard InChI is InChI=1S/C14H19IN2O/c1-2-3-9-17-12(10-18)13(16-14(17)15)11-7-5-4-6-8-11/h4-8,12,14,18H,2-3,9-10H2,1H3. The van der Waals surface area contributed by atoms with Gasteiger partial charge in [-0.1, -0.05) is 43.7 Å². The minimum atomic E-state index is 0.0425. The zero-order valence-corrected chi connectivity index (χ0v) is 12.7. The summed E-state index contributed by atoms with van der Waals surface area (Å²) in [5.41, 5.74) is 2.14. The van der Waals surface area contributed by atoms with E-state index in [0.717, 1.165) is 24.2 Å². The van der Waals surface area contributed by atoms with Gasteiger partial charge in [0.2, 0.25) is 0 Å². The van der Waals surface area contributed by atoms with E-state index in [1.807, 2.05) is 18.2 Å². The van der Waals surface area contributed by atoms with Crippen LogP contribution in [0.15, 0.2) is 35.3 Å². The van der Waals surface area contributed by atoms with Crippen LogP contribution in [-0.4, -0.2) is 39.1 Å². The highest BCUT2D eigenvalue weighted by atomic mass is 127. The molecule has 0 aliphatic carbocycles. The molecule has 0 saturated heterocycles. The van der Waals surface area contributed by atoms with Gasteiger partial charge in [-0.3, -0.25) is 9.89 Å². The molecule has 1 N–H and O–H groups in total. The fourth-order valence-electron chi connectivity index (χ4n) is 2.25. The molecular formula is C14H19IN2O. The summed E-state index contributed by atoms with van der Waals surface area (Å²) in [4.78, 5) is 7.00. The van der Waals surface area contributed by atoms with Crippen LogP contribution in [0.4, 0.5) is 0 Å². The van der Waals surface area contributed by atoms with Crippen molar-refractivity contribution in [2.24, 2.45) is 4.99 Å². The Kier molecular flexibility index (Phi) is 5.14. The Labute approximate surface area is 122 Å². The van der Waals surface area contributed by atoms with Crippen LogP contribution in [0.5, 0.6) is 0 Å². The lowest BCUT2D eigenvalue weighted by Gasteiger charge is -2.25. The number of alkyl halides is 1. The maximum absolute atomic E-state index is 9.66. The molecule has 2 rings (SSSR count). The van der Waals surface area contributed by atoms with E-state index in [0.29, 0.717) is 0 Å². The Morgan fingerprint density at radius 2 is 2.06 bits per heavy atom. The number of hydrogen-bond donors (Lipinski definition) is 1. The summed E-state index contributed by atoms with van der Waals surface area (Å²) in [6.07, 6.45) is 2.31. The Bertz CT molecular complexity index is 408. The summed E-state index contributed by atoms with van der Waals surface area (Å²) < 4.78 is 0.140. The van der Waals surface area contributed by atoms with Crippen molar-refractivity contribution in [3.05, 3.63) is 35.9 Å². The summed E-state index contributed by atoms with van der Waals surface area (Å²) in [5, 5.41) is 9.66. The van der Waals surface area contributed by atoms with Crippen LogP contribution in [0.3, 0.4) is 0 Å². The van der Waals surface area contributed by atoms with Crippen LogP contribution in [0.1, 0.15) is 25.3 Å². The molecule has 1 heterocycles. The molecule has 2 atom stereocenters. The highest BCUT2D eigenvalue weighted by Crippen LogP contribution is 2.26. The molecule has 0 bridgehead atoms. The minimum Gasteiger partial charge on any atom is -0.394 e. The van der Waals surface area contributed by atoms with Gasteiger partial charge in [0.05, 0.1) is 18.4 Å². The maximum Gasteiger partial charge on any atom is 0.155 e. The molecule has 0 fully saturated rings. The van der Waals surface area contributed by atoms with Crippen molar-refractivity contribution < 1.29 is 5.11 Å². The van der Waals surface area contributed by atoms with Crippen molar-refractivity contribution in [2.45, 2.75) is 30.0 Å². The van der Waals surface area contributed by atoms with Crippen molar-refractivity contribution in [1.29, 1.82) is 0 Å². The highest BCUT2D eigenvalue weighted by molar-refractivity contribution is 14.1. The fraction of sp³-hybridized carbons (Fsp3) is 0.500. The lowest BCUT2D eigenvalue weighted by atomic mass is 10.0. The van der Waals surface area contributed by atoms with E-state index in [-0.39, 0.29) is 16.8 Å². The van der Waals surface area contributed by atoms with Gasteiger partial charge in [-0.15, -0.1) is 0 Å². The van der Waals surface area contributed by atoms with Crippen LogP contribution in [0, 0.1) is 0 Å². The van der Waals surface area contributed by atoms with Gasteiger partial charge >= 0.3 is 0 Å². The van der Waals surface area contributed by atoms with E-state index in [2.05, 4.69) is 46.5 Å². The van der Waals surface area contributed by atoms with Gasteiger partial charge in [-0.25, -0.2) is 0 Å². The summed E-state index contributed by atoms with van der Waals surface area (Å²) in [6.45, 7) is 3.32. The summed E-state index contributed by atoms with van der Waals surface area (Å²) in [5.74, 6) is 0. The topological polar surface area (TPSA) is 35.8 Å². The van der Waals surface area contributed by atoms with E-state index in [4.69, 9.17) is 4.99 Å². The zero-order chi connectivity index (χ0) is 13.0. The van der Waals surface area contributed by atoms with Crippen molar-refractivity contribution in [1.82, 2.24) is 4.90 Å². The van der Waals surface area contributed by atoms with Gasteiger partial charge in [0.15, 0.2) is 4.17 Å². The molecule has 0 spiro atoms. The quantitative estimate of drug-likeness (QED) is 0.499. The lowest BCUT2D eigenvalue weighted by molar-refractivity contribution is 0.173. The largest absolute Gasteiger partial charge is 0.394 e. The molecule has 98 valence electrons. The lowest BCUT2D eigenvalue weighted by Crippen LogP contribution is -2.41. The fourth-order valence-corrected chi connectivity index (χ4v) is 3.22.